The first kappa shape index (κ1) is 13.6. The molecule has 0 aliphatic carbocycles. The number of hydrogen-bond donors (Lipinski definition) is 1. The Kier molecular flexibility index (Phi) is 5.24. The van der Waals surface area contributed by atoms with E-state index in [-0.39, 0.29) is 0 Å². The van der Waals surface area contributed by atoms with E-state index in [4.69, 9.17) is 11.6 Å². The average molecular weight is 280 g/mol. The molecule has 0 saturated carbocycles. The third kappa shape index (κ3) is 4.45. The topological polar surface area (TPSA) is 12.0 Å². The molecule has 2 rings (SSSR count). The van der Waals surface area contributed by atoms with E-state index < -0.39 is 0 Å². The minimum atomic E-state index is 0.503. The van der Waals surface area contributed by atoms with Gasteiger partial charge in [0.05, 0.1) is 4.34 Å². The summed E-state index contributed by atoms with van der Waals surface area (Å²) >= 11 is 7.58. The van der Waals surface area contributed by atoms with Gasteiger partial charge < -0.3 is 5.32 Å². The van der Waals surface area contributed by atoms with Gasteiger partial charge in [0.2, 0.25) is 0 Å². The number of halogens is 1. The molecule has 0 spiro atoms. The van der Waals surface area contributed by atoms with Crippen LogP contribution in [0.3, 0.4) is 0 Å². The first-order chi connectivity index (χ1) is 8.74. The van der Waals surface area contributed by atoms with Crippen LogP contribution in [0.4, 0.5) is 0 Å². The zero-order valence-electron chi connectivity index (χ0n) is 10.5. The summed E-state index contributed by atoms with van der Waals surface area (Å²) in [4.78, 5) is 1.35. The van der Waals surface area contributed by atoms with E-state index in [0.29, 0.717) is 6.04 Å². The fraction of sp³-hybridized carbons (Fsp3) is 0.333. The van der Waals surface area contributed by atoms with E-state index in [0.717, 1.165) is 23.7 Å². The van der Waals surface area contributed by atoms with Crippen molar-refractivity contribution in [1.82, 2.24) is 5.32 Å². The van der Waals surface area contributed by atoms with Gasteiger partial charge >= 0.3 is 0 Å². The van der Waals surface area contributed by atoms with Crippen molar-refractivity contribution >= 4 is 22.9 Å². The van der Waals surface area contributed by atoms with E-state index in [9.17, 15) is 0 Å². The molecule has 0 aliphatic heterocycles. The third-order valence-electron chi connectivity index (χ3n) is 2.88. The third-order valence-corrected chi connectivity index (χ3v) is 4.17. The van der Waals surface area contributed by atoms with Crippen molar-refractivity contribution < 1.29 is 0 Å². The molecule has 1 aromatic heterocycles. The lowest BCUT2D eigenvalue weighted by Crippen LogP contribution is -2.29. The van der Waals surface area contributed by atoms with Crippen LogP contribution < -0.4 is 5.32 Å². The number of nitrogens with one attached hydrogen (secondary N) is 1. The molecule has 3 heteroatoms. The van der Waals surface area contributed by atoms with Gasteiger partial charge in [-0.2, -0.15) is 0 Å². The van der Waals surface area contributed by atoms with Gasteiger partial charge in [0.1, 0.15) is 0 Å². The monoisotopic (exact) mass is 279 g/mol. The van der Waals surface area contributed by atoms with E-state index in [1.807, 2.05) is 6.07 Å². The summed E-state index contributed by atoms with van der Waals surface area (Å²) in [5, 5.41) is 3.55. The van der Waals surface area contributed by atoms with Gasteiger partial charge in [0.15, 0.2) is 0 Å². The molecule has 96 valence electrons. The van der Waals surface area contributed by atoms with Crippen LogP contribution in [0.2, 0.25) is 4.34 Å². The molecule has 18 heavy (non-hydrogen) atoms. The molecular formula is C15H18ClNS. The van der Waals surface area contributed by atoms with E-state index in [1.54, 1.807) is 11.3 Å². The molecule has 0 aliphatic rings. The fourth-order valence-electron chi connectivity index (χ4n) is 1.97. The Labute approximate surface area is 118 Å². The maximum Gasteiger partial charge on any atom is 0.0931 e. The molecule has 1 atom stereocenters. The molecule has 0 radical (unpaired) electrons. The predicted octanol–water partition coefficient (Wildman–Crippen LogP) is 4.16. The quantitative estimate of drug-likeness (QED) is 0.837. The average Bonchev–Trinajstić information content (AvgIpc) is 2.76. The minimum absolute atomic E-state index is 0.503. The lowest BCUT2D eigenvalue weighted by Gasteiger charge is -2.13. The zero-order valence-corrected chi connectivity index (χ0v) is 12.1. The van der Waals surface area contributed by atoms with Crippen molar-refractivity contribution in [2.75, 3.05) is 6.54 Å². The molecule has 1 aromatic carbocycles. The predicted molar refractivity (Wildman–Crippen MR) is 80.6 cm³/mol. The van der Waals surface area contributed by atoms with Gasteiger partial charge in [-0.3, -0.25) is 0 Å². The Morgan fingerprint density at radius 2 is 1.94 bits per heavy atom. The van der Waals surface area contributed by atoms with Crippen LogP contribution in [0.15, 0.2) is 42.5 Å². The molecule has 0 bridgehead atoms. The Balaban J connectivity index is 1.70. The molecular weight excluding hydrogens is 262 g/mol. The number of thiophene rings is 1. The van der Waals surface area contributed by atoms with E-state index in [1.165, 1.54) is 10.4 Å². The van der Waals surface area contributed by atoms with Crippen LogP contribution in [0.25, 0.3) is 0 Å². The Bertz CT molecular complexity index is 466. The summed E-state index contributed by atoms with van der Waals surface area (Å²) in [5.41, 5.74) is 1.39. The molecule has 0 fully saturated rings. The molecule has 1 heterocycles. The van der Waals surface area contributed by atoms with Crippen LogP contribution in [-0.4, -0.2) is 12.6 Å². The van der Waals surface area contributed by atoms with E-state index in [2.05, 4.69) is 48.6 Å². The summed E-state index contributed by atoms with van der Waals surface area (Å²) in [6.45, 7) is 3.24. The highest BCUT2D eigenvalue weighted by molar-refractivity contribution is 7.16. The molecule has 1 unspecified atom stereocenters. The maximum atomic E-state index is 5.91. The molecule has 2 aromatic rings. The second-order valence-corrected chi connectivity index (χ2v) is 6.30. The molecule has 1 nitrogen and oxygen atoms in total. The van der Waals surface area contributed by atoms with Crippen LogP contribution in [0.5, 0.6) is 0 Å². The SMILES string of the molecule is CC(Cc1ccccc1)NCCc1ccc(Cl)s1. The van der Waals surface area contributed by atoms with Gasteiger partial charge in [-0.05, 0) is 37.5 Å². The number of benzene rings is 1. The van der Waals surface area contributed by atoms with Gasteiger partial charge in [-0.1, -0.05) is 41.9 Å². The molecule has 0 amide bonds. The van der Waals surface area contributed by atoms with Gasteiger partial charge in [0, 0.05) is 17.5 Å². The molecule has 0 saturated heterocycles. The normalized spacial score (nSPS) is 12.6. The van der Waals surface area contributed by atoms with Crippen LogP contribution in [0.1, 0.15) is 17.4 Å². The van der Waals surface area contributed by atoms with Crippen molar-refractivity contribution in [3.63, 3.8) is 0 Å². The van der Waals surface area contributed by atoms with Crippen molar-refractivity contribution in [1.29, 1.82) is 0 Å². The van der Waals surface area contributed by atoms with Crippen molar-refractivity contribution in [2.45, 2.75) is 25.8 Å². The maximum absolute atomic E-state index is 5.91. The first-order valence-electron chi connectivity index (χ1n) is 6.25. The van der Waals surface area contributed by atoms with Crippen molar-refractivity contribution in [3.8, 4) is 0 Å². The van der Waals surface area contributed by atoms with Crippen LogP contribution >= 0.6 is 22.9 Å². The second kappa shape index (κ2) is 6.93. The van der Waals surface area contributed by atoms with Gasteiger partial charge in [-0.25, -0.2) is 0 Å². The second-order valence-electron chi connectivity index (χ2n) is 4.50. The fourth-order valence-corrected chi connectivity index (χ4v) is 3.05. The van der Waals surface area contributed by atoms with Gasteiger partial charge in [0.25, 0.3) is 0 Å². The first-order valence-corrected chi connectivity index (χ1v) is 7.45. The Morgan fingerprint density at radius 3 is 2.61 bits per heavy atom. The summed E-state index contributed by atoms with van der Waals surface area (Å²) in [6.07, 6.45) is 2.13. The number of hydrogen-bond acceptors (Lipinski definition) is 2. The number of rotatable bonds is 6. The van der Waals surface area contributed by atoms with Crippen molar-refractivity contribution in [2.24, 2.45) is 0 Å². The summed E-state index contributed by atoms with van der Waals surface area (Å²) < 4.78 is 0.877. The lowest BCUT2D eigenvalue weighted by atomic mass is 10.1. The van der Waals surface area contributed by atoms with Crippen LogP contribution in [0, 0.1) is 0 Å². The highest BCUT2D eigenvalue weighted by Crippen LogP contribution is 2.21. The summed E-state index contributed by atoms with van der Waals surface area (Å²) in [6, 6.07) is 15.2. The van der Waals surface area contributed by atoms with E-state index >= 15 is 0 Å². The van der Waals surface area contributed by atoms with Crippen molar-refractivity contribution in [3.05, 3.63) is 57.2 Å². The minimum Gasteiger partial charge on any atom is -0.314 e. The highest BCUT2D eigenvalue weighted by Gasteiger charge is 2.03. The zero-order chi connectivity index (χ0) is 12.8. The Hall–Kier alpha value is -0.830. The lowest BCUT2D eigenvalue weighted by molar-refractivity contribution is 0.550. The standard InChI is InChI=1S/C15H18ClNS/c1-12(11-13-5-3-2-4-6-13)17-10-9-14-7-8-15(16)18-14/h2-8,12,17H,9-11H2,1H3. The highest BCUT2D eigenvalue weighted by atomic mass is 35.5. The molecule has 1 N–H and O–H groups in total. The smallest absolute Gasteiger partial charge is 0.0931 e. The Morgan fingerprint density at radius 1 is 1.17 bits per heavy atom. The van der Waals surface area contributed by atoms with Gasteiger partial charge in [-0.15, -0.1) is 11.3 Å². The summed E-state index contributed by atoms with van der Waals surface area (Å²) in [7, 11) is 0. The summed E-state index contributed by atoms with van der Waals surface area (Å²) in [5.74, 6) is 0. The largest absolute Gasteiger partial charge is 0.314 e. The van der Waals surface area contributed by atoms with Crippen LogP contribution in [-0.2, 0) is 12.8 Å².